The predicted molar refractivity (Wildman–Crippen MR) is 72.9 cm³/mol. The van der Waals surface area contributed by atoms with Crippen LogP contribution in [0.3, 0.4) is 0 Å². The molecule has 0 aliphatic heterocycles. The number of nitrogens with zero attached hydrogens (tertiary/aromatic N) is 1. The molecule has 1 heterocycles. The van der Waals surface area contributed by atoms with Crippen LogP contribution >= 0.6 is 11.6 Å². The molecule has 1 aromatic heterocycles. The Bertz CT molecular complexity index is 574. The van der Waals surface area contributed by atoms with E-state index in [2.05, 4.69) is 4.98 Å². The highest BCUT2D eigenvalue weighted by atomic mass is 35.5. The molecule has 0 saturated heterocycles. The first-order valence-electron chi connectivity index (χ1n) is 5.34. The van der Waals surface area contributed by atoms with Gasteiger partial charge in [0.05, 0.1) is 5.69 Å². The lowest BCUT2D eigenvalue weighted by Crippen LogP contribution is -2.05. The van der Waals surface area contributed by atoms with Crippen molar-refractivity contribution in [2.24, 2.45) is 5.73 Å². The molecule has 4 heteroatoms. The van der Waals surface area contributed by atoms with Crippen LogP contribution in [0, 0.1) is 0 Å². The minimum atomic E-state index is -0.487. The Labute approximate surface area is 110 Å². The van der Waals surface area contributed by atoms with Gasteiger partial charge in [-0.25, -0.2) is 0 Å². The number of benzene rings is 1. The number of amides is 1. The number of hydrogen-bond acceptors (Lipinski definition) is 2. The van der Waals surface area contributed by atoms with Crippen molar-refractivity contribution in [2.75, 3.05) is 0 Å². The van der Waals surface area contributed by atoms with E-state index in [0.717, 1.165) is 11.1 Å². The Kier molecular flexibility index (Phi) is 3.75. The lowest BCUT2D eigenvalue weighted by molar-refractivity contribution is -0.113. The number of halogens is 1. The molecule has 2 aromatic rings. The number of carbonyl (C=O) groups is 1. The first kappa shape index (κ1) is 12.3. The van der Waals surface area contributed by atoms with Crippen molar-refractivity contribution < 1.29 is 4.79 Å². The van der Waals surface area contributed by atoms with E-state index in [-0.39, 0.29) is 0 Å². The van der Waals surface area contributed by atoms with Gasteiger partial charge in [-0.15, -0.1) is 0 Å². The van der Waals surface area contributed by atoms with Crippen molar-refractivity contribution in [2.45, 2.75) is 0 Å². The number of hydrogen-bond donors (Lipinski definition) is 1. The predicted octanol–water partition coefficient (Wildman–Crippen LogP) is 2.90. The van der Waals surface area contributed by atoms with Gasteiger partial charge in [0.25, 0.3) is 0 Å². The van der Waals surface area contributed by atoms with Crippen LogP contribution in [0.2, 0.25) is 5.02 Å². The fraction of sp³-hybridized carbons (Fsp3) is 0. The smallest absolute Gasteiger partial charge is 0.241 e. The summed E-state index contributed by atoms with van der Waals surface area (Å²) in [6, 6.07) is 11.3. The zero-order chi connectivity index (χ0) is 13.0. The second kappa shape index (κ2) is 5.47. The lowest BCUT2D eigenvalue weighted by Gasteiger charge is -2.01. The van der Waals surface area contributed by atoms with Crippen molar-refractivity contribution in [3.05, 3.63) is 59.4 Å². The first-order chi connectivity index (χ1) is 8.65. The summed E-state index contributed by atoms with van der Waals surface area (Å²) in [7, 11) is 0. The number of pyridine rings is 1. The highest BCUT2D eigenvalue weighted by molar-refractivity contribution is 6.30. The molecule has 0 atom stereocenters. The number of aromatic nitrogens is 1. The lowest BCUT2D eigenvalue weighted by atomic mass is 10.1. The van der Waals surface area contributed by atoms with E-state index in [1.165, 1.54) is 6.08 Å². The summed E-state index contributed by atoms with van der Waals surface area (Å²) < 4.78 is 0. The van der Waals surface area contributed by atoms with Crippen molar-refractivity contribution in [1.29, 1.82) is 0 Å². The first-order valence-corrected chi connectivity index (χ1v) is 5.72. The molecular formula is C14H11ClN2O. The fourth-order valence-electron chi connectivity index (χ4n) is 1.48. The van der Waals surface area contributed by atoms with Crippen LogP contribution in [0.4, 0.5) is 0 Å². The summed E-state index contributed by atoms with van der Waals surface area (Å²) in [5.74, 6) is -0.487. The molecular weight excluding hydrogens is 248 g/mol. The Hall–Kier alpha value is -2.13. The van der Waals surface area contributed by atoms with Gasteiger partial charge in [-0.3, -0.25) is 9.78 Å². The van der Waals surface area contributed by atoms with Gasteiger partial charge >= 0.3 is 0 Å². The summed E-state index contributed by atoms with van der Waals surface area (Å²) in [5.41, 5.74) is 7.72. The summed E-state index contributed by atoms with van der Waals surface area (Å²) in [5, 5.41) is 0.702. The molecule has 90 valence electrons. The molecule has 3 nitrogen and oxygen atoms in total. The average Bonchev–Trinajstić information content (AvgIpc) is 2.38. The fourth-order valence-corrected chi connectivity index (χ4v) is 1.61. The van der Waals surface area contributed by atoms with Crippen LogP contribution in [0.5, 0.6) is 0 Å². The van der Waals surface area contributed by atoms with Gasteiger partial charge in [0.1, 0.15) is 0 Å². The van der Waals surface area contributed by atoms with Crippen molar-refractivity contribution in [3.63, 3.8) is 0 Å². The molecule has 0 saturated carbocycles. The normalized spacial score (nSPS) is 10.7. The minimum Gasteiger partial charge on any atom is -0.366 e. The van der Waals surface area contributed by atoms with E-state index in [1.807, 2.05) is 36.4 Å². The van der Waals surface area contributed by atoms with Crippen LogP contribution < -0.4 is 5.73 Å². The maximum atomic E-state index is 10.6. The average molecular weight is 259 g/mol. The van der Waals surface area contributed by atoms with Crippen LogP contribution in [-0.4, -0.2) is 10.9 Å². The van der Waals surface area contributed by atoms with Crippen LogP contribution in [0.1, 0.15) is 5.69 Å². The van der Waals surface area contributed by atoms with Crippen LogP contribution in [0.25, 0.3) is 17.2 Å². The van der Waals surface area contributed by atoms with E-state index in [9.17, 15) is 4.79 Å². The zero-order valence-electron chi connectivity index (χ0n) is 9.51. The largest absolute Gasteiger partial charge is 0.366 e. The molecule has 0 fully saturated rings. The second-order valence-electron chi connectivity index (χ2n) is 3.71. The quantitative estimate of drug-likeness (QED) is 0.861. The molecule has 2 rings (SSSR count). The van der Waals surface area contributed by atoms with Crippen molar-refractivity contribution in [3.8, 4) is 11.1 Å². The summed E-state index contributed by atoms with van der Waals surface area (Å²) in [6.07, 6.45) is 4.60. The maximum Gasteiger partial charge on any atom is 0.241 e. The summed E-state index contributed by atoms with van der Waals surface area (Å²) in [6.45, 7) is 0. The Balaban J connectivity index is 2.22. The zero-order valence-corrected chi connectivity index (χ0v) is 10.3. The SMILES string of the molecule is NC(=O)/C=C/c1ccc(-c2ccc(Cl)cc2)cn1. The third kappa shape index (κ3) is 3.18. The van der Waals surface area contributed by atoms with Gasteiger partial charge in [0, 0.05) is 22.9 Å². The molecule has 0 radical (unpaired) electrons. The van der Waals surface area contributed by atoms with E-state index in [1.54, 1.807) is 12.3 Å². The highest BCUT2D eigenvalue weighted by Gasteiger charge is 1.98. The van der Waals surface area contributed by atoms with Crippen LogP contribution in [0.15, 0.2) is 48.7 Å². The minimum absolute atomic E-state index is 0.487. The van der Waals surface area contributed by atoms with E-state index in [4.69, 9.17) is 17.3 Å². The third-order valence-electron chi connectivity index (χ3n) is 2.38. The molecule has 1 amide bonds. The van der Waals surface area contributed by atoms with E-state index in [0.29, 0.717) is 10.7 Å². The second-order valence-corrected chi connectivity index (χ2v) is 4.15. The molecule has 2 N–H and O–H groups in total. The van der Waals surface area contributed by atoms with E-state index >= 15 is 0 Å². The van der Waals surface area contributed by atoms with Gasteiger partial charge < -0.3 is 5.73 Å². The van der Waals surface area contributed by atoms with Gasteiger partial charge in [0.15, 0.2) is 0 Å². The molecule has 18 heavy (non-hydrogen) atoms. The van der Waals surface area contributed by atoms with Gasteiger partial charge in [-0.1, -0.05) is 29.8 Å². The van der Waals surface area contributed by atoms with Gasteiger partial charge in [-0.05, 0) is 29.8 Å². The topological polar surface area (TPSA) is 56.0 Å². The third-order valence-corrected chi connectivity index (χ3v) is 2.63. The number of primary amides is 1. The Morgan fingerprint density at radius 3 is 2.33 bits per heavy atom. The van der Waals surface area contributed by atoms with E-state index < -0.39 is 5.91 Å². The number of carbonyl (C=O) groups excluding carboxylic acids is 1. The number of nitrogens with two attached hydrogens (primary N) is 1. The summed E-state index contributed by atoms with van der Waals surface area (Å²) >= 11 is 5.83. The molecule has 0 bridgehead atoms. The molecule has 0 unspecified atom stereocenters. The van der Waals surface area contributed by atoms with Crippen LogP contribution in [-0.2, 0) is 4.79 Å². The molecule has 0 aliphatic carbocycles. The number of rotatable bonds is 3. The Morgan fingerprint density at radius 1 is 1.11 bits per heavy atom. The van der Waals surface area contributed by atoms with Crippen molar-refractivity contribution in [1.82, 2.24) is 4.98 Å². The maximum absolute atomic E-state index is 10.6. The standard InChI is InChI=1S/C14H11ClN2O/c15-12-4-1-10(2-5-12)11-3-6-13(17-9-11)7-8-14(16)18/h1-9H,(H2,16,18)/b8-7+. The van der Waals surface area contributed by atoms with Crippen molar-refractivity contribution >= 4 is 23.6 Å². The monoisotopic (exact) mass is 258 g/mol. The molecule has 0 spiro atoms. The van der Waals surface area contributed by atoms with Gasteiger partial charge in [0.2, 0.25) is 5.91 Å². The Morgan fingerprint density at radius 2 is 1.78 bits per heavy atom. The highest BCUT2D eigenvalue weighted by Crippen LogP contribution is 2.20. The molecule has 1 aromatic carbocycles. The molecule has 0 aliphatic rings. The summed E-state index contributed by atoms with van der Waals surface area (Å²) in [4.78, 5) is 14.8. The van der Waals surface area contributed by atoms with Gasteiger partial charge in [-0.2, -0.15) is 0 Å².